The summed E-state index contributed by atoms with van der Waals surface area (Å²) in [7, 11) is 0. The molecular weight excluding hydrogens is 432 g/mol. The van der Waals surface area contributed by atoms with Crippen molar-refractivity contribution >= 4 is 18.0 Å². The predicted molar refractivity (Wildman–Crippen MR) is 128 cm³/mol. The summed E-state index contributed by atoms with van der Waals surface area (Å²) in [5.41, 5.74) is 3.24. The summed E-state index contributed by atoms with van der Waals surface area (Å²) in [4.78, 5) is 37.7. The summed E-state index contributed by atoms with van der Waals surface area (Å²) in [5, 5.41) is 15.1. The highest BCUT2D eigenvalue weighted by Gasteiger charge is 2.44. The highest BCUT2D eigenvalue weighted by molar-refractivity contribution is 5.91. The van der Waals surface area contributed by atoms with E-state index in [0.717, 1.165) is 35.1 Å². The fraction of sp³-hybridized carbons (Fsp3) is 0.444. The van der Waals surface area contributed by atoms with Gasteiger partial charge < -0.3 is 20.5 Å². The van der Waals surface area contributed by atoms with E-state index in [1.54, 1.807) is 0 Å². The number of benzene rings is 2. The van der Waals surface area contributed by atoms with Gasteiger partial charge in [0.05, 0.1) is 0 Å². The first-order valence-electron chi connectivity index (χ1n) is 12.0. The molecule has 2 aromatic rings. The quantitative estimate of drug-likeness (QED) is 0.535. The van der Waals surface area contributed by atoms with E-state index in [4.69, 9.17) is 4.74 Å². The second-order valence-electron chi connectivity index (χ2n) is 9.42. The Bertz CT molecular complexity index is 1030. The Kier molecular flexibility index (Phi) is 6.91. The van der Waals surface area contributed by atoms with Crippen molar-refractivity contribution < 1.29 is 24.2 Å². The zero-order chi connectivity index (χ0) is 24.3. The molecule has 180 valence electrons. The van der Waals surface area contributed by atoms with Gasteiger partial charge in [0.15, 0.2) is 0 Å². The number of aliphatic carboxylic acids is 1. The van der Waals surface area contributed by atoms with Crippen LogP contribution in [0.25, 0.3) is 11.1 Å². The van der Waals surface area contributed by atoms with Crippen LogP contribution in [0.3, 0.4) is 0 Å². The summed E-state index contributed by atoms with van der Waals surface area (Å²) >= 11 is 0. The summed E-state index contributed by atoms with van der Waals surface area (Å²) in [5.74, 6) is -1.77. The summed E-state index contributed by atoms with van der Waals surface area (Å²) in [6, 6.07) is 15.3. The van der Waals surface area contributed by atoms with E-state index in [9.17, 15) is 19.5 Å². The number of carbonyl (C=O) groups excluding carboxylic acids is 2. The molecule has 1 saturated carbocycles. The molecule has 0 bridgehead atoms. The number of amides is 2. The number of hydrogen-bond donors (Lipinski definition) is 3. The number of carbonyl (C=O) groups is 3. The number of hydrogen-bond acceptors (Lipinski definition) is 4. The third kappa shape index (κ3) is 4.52. The van der Waals surface area contributed by atoms with Crippen LogP contribution < -0.4 is 10.6 Å². The number of ether oxygens (including phenoxy) is 1. The molecule has 2 unspecified atom stereocenters. The Morgan fingerprint density at radius 2 is 1.59 bits per heavy atom. The molecule has 34 heavy (non-hydrogen) atoms. The first-order chi connectivity index (χ1) is 16.4. The number of nitrogens with one attached hydrogen (secondary N) is 2. The lowest BCUT2D eigenvalue weighted by Crippen LogP contribution is -2.59. The summed E-state index contributed by atoms with van der Waals surface area (Å²) in [6.45, 7) is 3.93. The lowest BCUT2D eigenvalue weighted by atomic mass is 9.94. The summed E-state index contributed by atoms with van der Waals surface area (Å²) < 4.78 is 5.61. The Balaban J connectivity index is 1.44. The lowest BCUT2D eigenvalue weighted by molar-refractivity contribution is -0.147. The SMILES string of the molecule is CCC(C)C(NC(=O)OCC1c2ccccc2-c2ccccc21)C(=O)NC1(C(=O)O)CCCC1. The van der Waals surface area contributed by atoms with Crippen LogP contribution in [0.5, 0.6) is 0 Å². The monoisotopic (exact) mass is 464 g/mol. The number of carboxylic acids is 1. The van der Waals surface area contributed by atoms with Gasteiger partial charge in [0.25, 0.3) is 0 Å². The minimum atomic E-state index is -1.26. The molecule has 2 aliphatic carbocycles. The van der Waals surface area contributed by atoms with E-state index in [1.165, 1.54) is 0 Å². The molecule has 0 aliphatic heterocycles. The molecule has 0 heterocycles. The maximum absolute atomic E-state index is 13.1. The van der Waals surface area contributed by atoms with Crippen LogP contribution >= 0.6 is 0 Å². The van der Waals surface area contributed by atoms with Gasteiger partial charge in [-0.25, -0.2) is 9.59 Å². The molecule has 2 atom stereocenters. The van der Waals surface area contributed by atoms with E-state index >= 15 is 0 Å². The second-order valence-corrected chi connectivity index (χ2v) is 9.42. The zero-order valence-corrected chi connectivity index (χ0v) is 19.7. The van der Waals surface area contributed by atoms with Crippen molar-refractivity contribution in [3.8, 4) is 11.1 Å². The van der Waals surface area contributed by atoms with Crippen LogP contribution in [0, 0.1) is 5.92 Å². The number of rotatable bonds is 8. The predicted octanol–water partition coefficient (Wildman–Crippen LogP) is 4.45. The Morgan fingerprint density at radius 3 is 2.12 bits per heavy atom. The molecule has 7 heteroatoms. The third-order valence-corrected chi connectivity index (χ3v) is 7.34. The number of alkyl carbamates (subject to hydrolysis) is 1. The van der Waals surface area contributed by atoms with Gasteiger partial charge in [0, 0.05) is 5.92 Å². The second kappa shape index (κ2) is 9.87. The van der Waals surface area contributed by atoms with E-state index in [2.05, 4.69) is 22.8 Å². The normalized spacial score (nSPS) is 17.8. The standard InChI is InChI=1S/C27H32N2O5/c1-3-17(2)23(24(30)29-27(25(31)32)14-8-9-15-27)28-26(33)34-16-22-20-12-6-4-10-18(20)19-11-5-7-13-21(19)22/h4-7,10-13,17,22-23H,3,8-9,14-16H2,1-2H3,(H,28,33)(H,29,30)(H,31,32). The van der Waals surface area contributed by atoms with Crippen molar-refractivity contribution in [3.05, 3.63) is 59.7 Å². The first kappa shape index (κ1) is 23.8. The van der Waals surface area contributed by atoms with Gasteiger partial charge >= 0.3 is 12.1 Å². The van der Waals surface area contributed by atoms with Crippen molar-refractivity contribution in [1.82, 2.24) is 10.6 Å². The summed E-state index contributed by atoms with van der Waals surface area (Å²) in [6.07, 6.45) is 2.25. The number of fused-ring (bicyclic) bond motifs is 3. The van der Waals surface area contributed by atoms with Crippen molar-refractivity contribution in [1.29, 1.82) is 0 Å². The van der Waals surface area contributed by atoms with E-state index in [1.807, 2.05) is 50.2 Å². The van der Waals surface area contributed by atoms with Crippen LogP contribution in [0.1, 0.15) is 63.0 Å². The molecule has 0 saturated heterocycles. The average molecular weight is 465 g/mol. The molecule has 0 aromatic heterocycles. The smallest absolute Gasteiger partial charge is 0.407 e. The van der Waals surface area contributed by atoms with Crippen LogP contribution in [0.2, 0.25) is 0 Å². The Hall–Kier alpha value is -3.35. The first-order valence-corrected chi connectivity index (χ1v) is 12.0. The fourth-order valence-electron chi connectivity index (χ4n) is 5.15. The maximum atomic E-state index is 13.1. The van der Waals surface area contributed by atoms with Gasteiger partial charge in [0.1, 0.15) is 18.2 Å². The van der Waals surface area contributed by atoms with Crippen molar-refractivity contribution in [2.75, 3.05) is 6.61 Å². The number of carboxylic acid groups (broad SMARTS) is 1. The largest absolute Gasteiger partial charge is 0.480 e. The van der Waals surface area contributed by atoms with Gasteiger partial charge in [0.2, 0.25) is 5.91 Å². The minimum absolute atomic E-state index is 0.0807. The van der Waals surface area contributed by atoms with Gasteiger partial charge in [-0.2, -0.15) is 0 Å². The maximum Gasteiger partial charge on any atom is 0.407 e. The van der Waals surface area contributed by atoms with Crippen molar-refractivity contribution in [2.45, 2.75) is 63.5 Å². The molecule has 0 radical (unpaired) electrons. The molecule has 1 fully saturated rings. The van der Waals surface area contributed by atoms with Gasteiger partial charge in [-0.15, -0.1) is 0 Å². The van der Waals surface area contributed by atoms with Crippen LogP contribution in [-0.4, -0.2) is 41.3 Å². The molecule has 0 spiro atoms. The fourth-order valence-corrected chi connectivity index (χ4v) is 5.15. The highest BCUT2D eigenvalue weighted by atomic mass is 16.5. The highest BCUT2D eigenvalue weighted by Crippen LogP contribution is 2.44. The van der Waals surface area contributed by atoms with E-state index < -0.39 is 29.6 Å². The Morgan fingerprint density at radius 1 is 1.03 bits per heavy atom. The topological polar surface area (TPSA) is 105 Å². The molecule has 7 nitrogen and oxygen atoms in total. The van der Waals surface area contributed by atoms with Gasteiger partial charge in [-0.3, -0.25) is 4.79 Å². The van der Waals surface area contributed by atoms with E-state index in [-0.39, 0.29) is 18.4 Å². The van der Waals surface area contributed by atoms with Crippen LogP contribution in [0.4, 0.5) is 4.79 Å². The van der Waals surface area contributed by atoms with Crippen molar-refractivity contribution in [3.63, 3.8) is 0 Å². The molecule has 2 aromatic carbocycles. The lowest BCUT2D eigenvalue weighted by Gasteiger charge is -2.30. The molecule has 2 amide bonds. The van der Waals surface area contributed by atoms with Crippen LogP contribution in [-0.2, 0) is 14.3 Å². The third-order valence-electron chi connectivity index (χ3n) is 7.34. The molecule has 2 aliphatic rings. The van der Waals surface area contributed by atoms with E-state index in [0.29, 0.717) is 19.3 Å². The van der Waals surface area contributed by atoms with Crippen LogP contribution in [0.15, 0.2) is 48.5 Å². The average Bonchev–Trinajstić information content (AvgIpc) is 3.44. The molecule has 3 N–H and O–H groups in total. The van der Waals surface area contributed by atoms with Crippen molar-refractivity contribution in [2.24, 2.45) is 5.92 Å². The zero-order valence-electron chi connectivity index (χ0n) is 19.7. The van der Waals surface area contributed by atoms with Gasteiger partial charge in [-0.1, -0.05) is 81.6 Å². The molecular formula is C27H32N2O5. The van der Waals surface area contributed by atoms with Gasteiger partial charge in [-0.05, 0) is 41.0 Å². The minimum Gasteiger partial charge on any atom is -0.480 e. The molecule has 4 rings (SSSR count). The Labute approximate surface area is 199 Å².